The molecule has 4 aliphatic carbocycles. The van der Waals surface area contributed by atoms with Crippen molar-refractivity contribution in [2.24, 2.45) is 35.0 Å². The van der Waals surface area contributed by atoms with Gasteiger partial charge in [0, 0.05) is 0 Å². The maximum Gasteiger partial charge on any atom is 0.192 e. The second kappa shape index (κ2) is 8.77. The first-order chi connectivity index (χ1) is 14.6. The third-order valence-electron chi connectivity index (χ3n) is 10.6. The Morgan fingerprint density at radius 3 is 2.42 bits per heavy atom. The lowest BCUT2D eigenvalue weighted by Crippen LogP contribution is -2.53. The average molecular weight is 446 g/mol. The molecule has 0 spiro atoms. The lowest BCUT2D eigenvalue weighted by molar-refractivity contribution is -0.0964. The quantitative estimate of drug-likeness (QED) is 0.328. The molecule has 0 heterocycles. The van der Waals surface area contributed by atoms with Crippen molar-refractivity contribution >= 4 is 8.32 Å². The van der Waals surface area contributed by atoms with E-state index in [0.29, 0.717) is 35.7 Å². The van der Waals surface area contributed by atoms with Crippen LogP contribution in [0.4, 0.5) is 0 Å². The molecule has 4 fully saturated rings. The van der Waals surface area contributed by atoms with Crippen molar-refractivity contribution in [1.82, 2.24) is 0 Å². The van der Waals surface area contributed by atoms with Gasteiger partial charge < -0.3 is 9.16 Å². The molecule has 4 saturated carbocycles. The smallest absolute Gasteiger partial charge is 0.192 e. The average Bonchev–Trinajstić information content (AvgIpc) is 3.03. The van der Waals surface area contributed by atoms with Crippen molar-refractivity contribution in [3.63, 3.8) is 0 Å². The summed E-state index contributed by atoms with van der Waals surface area (Å²) in [5.41, 5.74) is 0.404. The van der Waals surface area contributed by atoms with Gasteiger partial charge in [-0.15, -0.1) is 0 Å². The fourth-order valence-corrected chi connectivity index (χ4v) is 9.36. The van der Waals surface area contributed by atoms with E-state index in [1.165, 1.54) is 57.8 Å². The van der Waals surface area contributed by atoms with Crippen LogP contribution in [0.3, 0.4) is 0 Å². The van der Waals surface area contributed by atoms with E-state index in [1.54, 1.807) is 0 Å². The van der Waals surface area contributed by atoms with Crippen molar-refractivity contribution in [2.75, 3.05) is 6.61 Å². The number of nitriles is 1. The van der Waals surface area contributed by atoms with Gasteiger partial charge in [-0.3, -0.25) is 0 Å². The van der Waals surface area contributed by atoms with E-state index in [4.69, 9.17) is 14.4 Å². The van der Waals surface area contributed by atoms with Gasteiger partial charge in [0.2, 0.25) is 0 Å². The molecule has 4 rings (SSSR count). The zero-order chi connectivity index (χ0) is 22.4. The summed E-state index contributed by atoms with van der Waals surface area (Å²) in [4.78, 5) is 0. The Balaban J connectivity index is 1.41. The minimum atomic E-state index is -1.72. The molecule has 176 valence electrons. The van der Waals surface area contributed by atoms with Gasteiger partial charge in [0.05, 0.1) is 31.3 Å². The first-order valence-corrected chi connectivity index (χ1v) is 16.1. The first kappa shape index (κ1) is 23.8. The predicted molar refractivity (Wildman–Crippen MR) is 129 cm³/mol. The van der Waals surface area contributed by atoms with Gasteiger partial charge in [-0.25, -0.2) is 0 Å². The number of rotatable bonds is 5. The highest BCUT2D eigenvalue weighted by Gasteiger charge is 2.58. The van der Waals surface area contributed by atoms with Gasteiger partial charge in [-0.1, -0.05) is 27.7 Å². The van der Waals surface area contributed by atoms with E-state index < -0.39 is 8.32 Å². The van der Waals surface area contributed by atoms with Crippen LogP contribution in [0.5, 0.6) is 0 Å². The second-order valence-corrected chi connectivity index (χ2v) is 17.9. The van der Waals surface area contributed by atoms with Crippen LogP contribution in [0.25, 0.3) is 0 Å². The van der Waals surface area contributed by atoms with Crippen LogP contribution in [-0.4, -0.2) is 27.1 Å². The molecule has 4 aliphatic rings. The second-order valence-electron chi connectivity index (χ2n) is 13.1. The van der Waals surface area contributed by atoms with Gasteiger partial charge in [0.1, 0.15) is 0 Å². The molecule has 0 aromatic heterocycles. The third-order valence-corrected chi connectivity index (χ3v) is 15.1. The van der Waals surface area contributed by atoms with Crippen LogP contribution in [0.15, 0.2) is 0 Å². The topological polar surface area (TPSA) is 42.2 Å². The van der Waals surface area contributed by atoms with Crippen LogP contribution in [0, 0.1) is 46.3 Å². The Morgan fingerprint density at radius 1 is 0.968 bits per heavy atom. The van der Waals surface area contributed by atoms with Gasteiger partial charge in [-0.2, -0.15) is 5.26 Å². The molecular formula is C27H47NO2Si. The summed E-state index contributed by atoms with van der Waals surface area (Å²) < 4.78 is 13.1. The number of hydrogen-bond donors (Lipinski definition) is 0. The normalized spacial score (nSPS) is 42.9. The van der Waals surface area contributed by atoms with Gasteiger partial charge in [-0.05, 0) is 111 Å². The molecule has 0 radical (unpaired) electrons. The predicted octanol–water partition coefficient (Wildman–Crippen LogP) is 7.33. The van der Waals surface area contributed by atoms with E-state index >= 15 is 0 Å². The van der Waals surface area contributed by atoms with Crippen molar-refractivity contribution in [3.05, 3.63) is 0 Å². The molecular weight excluding hydrogens is 398 g/mol. The summed E-state index contributed by atoms with van der Waals surface area (Å²) in [5, 5.41) is 9.09. The summed E-state index contributed by atoms with van der Waals surface area (Å²) in [7, 11) is -1.72. The molecule has 31 heavy (non-hydrogen) atoms. The van der Waals surface area contributed by atoms with E-state index in [-0.39, 0.29) is 0 Å². The maximum atomic E-state index is 8.79. The Kier molecular flexibility index (Phi) is 6.72. The minimum Gasteiger partial charge on any atom is -0.413 e. The van der Waals surface area contributed by atoms with E-state index in [2.05, 4.69) is 46.9 Å². The molecule has 8 atom stereocenters. The summed E-state index contributed by atoms with van der Waals surface area (Å²) in [6.45, 7) is 15.3. The monoisotopic (exact) mass is 445 g/mol. The maximum absolute atomic E-state index is 8.79. The van der Waals surface area contributed by atoms with E-state index in [9.17, 15) is 0 Å². The number of hydrogen-bond acceptors (Lipinski definition) is 3. The number of ether oxygens (including phenoxy) is 1. The first-order valence-electron chi connectivity index (χ1n) is 13.2. The molecule has 3 nitrogen and oxygen atoms in total. The van der Waals surface area contributed by atoms with Crippen molar-refractivity contribution < 1.29 is 9.16 Å². The molecule has 0 saturated heterocycles. The standard InChI is InChI=1S/C27H47NO2Si/c1-26(2,3)31(5,6)30-25-13-12-24-23-10-8-19-18-20(29-17-7-16-28)9-11-21(19)22(23)14-15-27(24,25)4/h19-25H,7-15,17-18H2,1-6H3/t19-,20?,21-,22+,23+,24-,25?,27-/m0/s1. The van der Waals surface area contributed by atoms with Gasteiger partial charge in [0.15, 0.2) is 8.32 Å². The molecule has 0 amide bonds. The zero-order valence-corrected chi connectivity index (χ0v) is 22.1. The largest absolute Gasteiger partial charge is 0.413 e. The Labute approximate surface area is 192 Å². The zero-order valence-electron chi connectivity index (χ0n) is 21.1. The highest BCUT2D eigenvalue weighted by atomic mass is 28.4. The van der Waals surface area contributed by atoms with Crippen LogP contribution in [0.2, 0.25) is 18.1 Å². The summed E-state index contributed by atoms with van der Waals surface area (Å²) >= 11 is 0. The molecule has 0 aromatic rings. The summed E-state index contributed by atoms with van der Waals surface area (Å²) in [5.74, 6) is 4.56. The van der Waals surface area contributed by atoms with E-state index in [1.807, 2.05) is 0 Å². The molecule has 2 unspecified atom stereocenters. The minimum absolute atomic E-state index is 0.296. The molecule has 0 aromatic carbocycles. The van der Waals surface area contributed by atoms with E-state index in [0.717, 1.165) is 29.6 Å². The third kappa shape index (κ3) is 4.41. The van der Waals surface area contributed by atoms with Crippen LogP contribution in [-0.2, 0) is 9.16 Å². The molecule has 0 N–H and O–H groups in total. The highest BCUT2D eigenvalue weighted by molar-refractivity contribution is 6.74. The molecule has 0 aliphatic heterocycles. The fraction of sp³-hybridized carbons (Fsp3) is 0.963. The van der Waals surface area contributed by atoms with Crippen LogP contribution >= 0.6 is 0 Å². The van der Waals surface area contributed by atoms with Crippen molar-refractivity contribution in [1.29, 1.82) is 5.26 Å². The SMILES string of the molecule is CC(C)(C)[Si](C)(C)OC1CC[C@H]2[C@@H]3CC[C@H]4CC(OCCC#N)CC[C@@H]4[C@H]3CC[C@]12C. The lowest BCUT2D eigenvalue weighted by atomic mass is 9.50. The summed E-state index contributed by atoms with van der Waals surface area (Å²) in [6.07, 6.45) is 13.6. The molecule has 4 heteroatoms. The van der Waals surface area contributed by atoms with Crippen LogP contribution < -0.4 is 0 Å². The number of fused-ring (bicyclic) bond motifs is 5. The Bertz CT molecular complexity index is 680. The Morgan fingerprint density at radius 2 is 1.71 bits per heavy atom. The Hall–Kier alpha value is -0.373. The lowest BCUT2D eigenvalue weighted by Gasteiger charge is -2.56. The van der Waals surface area contributed by atoms with Crippen molar-refractivity contribution in [2.45, 2.75) is 122 Å². The van der Waals surface area contributed by atoms with Gasteiger partial charge >= 0.3 is 0 Å². The van der Waals surface area contributed by atoms with Gasteiger partial charge in [0.25, 0.3) is 0 Å². The molecule has 0 bridgehead atoms. The summed E-state index contributed by atoms with van der Waals surface area (Å²) in [6, 6.07) is 2.22. The van der Waals surface area contributed by atoms with Crippen molar-refractivity contribution in [3.8, 4) is 6.07 Å². The fourth-order valence-electron chi connectivity index (χ4n) is 7.91. The van der Waals surface area contributed by atoms with Crippen LogP contribution in [0.1, 0.15) is 91.9 Å². The number of nitrogens with zero attached hydrogens (tertiary/aromatic N) is 1. The highest BCUT2D eigenvalue weighted by Crippen LogP contribution is 2.63.